The Bertz CT molecular complexity index is 650. The van der Waals surface area contributed by atoms with Crippen molar-refractivity contribution >= 4 is 33.5 Å². The first-order chi connectivity index (χ1) is 11.7. The summed E-state index contributed by atoms with van der Waals surface area (Å²) in [6.07, 6.45) is 0. The third-order valence-corrected chi connectivity index (χ3v) is 5.56. The van der Waals surface area contributed by atoms with Gasteiger partial charge in [0.15, 0.2) is 0 Å². The Balaban J connectivity index is 1.84. The van der Waals surface area contributed by atoms with E-state index >= 15 is 0 Å². The van der Waals surface area contributed by atoms with Crippen molar-refractivity contribution in [1.29, 1.82) is 0 Å². The number of nitrogens with one attached hydrogen (secondary N) is 1. The lowest BCUT2D eigenvalue weighted by Gasteiger charge is -2.16. The third-order valence-electron chi connectivity index (χ3n) is 3.21. The highest BCUT2D eigenvalue weighted by molar-refractivity contribution is 8.76. The molecule has 1 unspecified atom stereocenters. The van der Waals surface area contributed by atoms with Crippen molar-refractivity contribution in [2.24, 2.45) is 0 Å². The second-order valence-electron chi connectivity index (χ2n) is 4.95. The van der Waals surface area contributed by atoms with Gasteiger partial charge in [-0.1, -0.05) is 70.1 Å². The normalized spacial score (nSPS) is 11.5. The van der Waals surface area contributed by atoms with Crippen molar-refractivity contribution in [3.8, 4) is 0 Å². The Morgan fingerprint density at radius 1 is 1.00 bits per heavy atom. The average Bonchev–Trinajstić information content (AvgIpc) is 2.65. The summed E-state index contributed by atoms with van der Waals surface area (Å²) >= 11 is 0. The fraction of sp³-hybridized carbons (Fsp3) is 0.222. The Morgan fingerprint density at radius 3 is 2.25 bits per heavy atom. The molecule has 2 aromatic carbocycles. The third kappa shape index (κ3) is 5.94. The minimum absolute atomic E-state index is 0.278. The molecular formula is C18H19NO3S2. The van der Waals surface area contributed by atoms with E-state index < -0.39 is 12.0 Å². The Kier molecular flexibility index (Phi) is 7.71. The van der Waals surface area contributed by atoms with Crippen LogP contribution in [0.15, 0.2) is 60.7 Å². The van der Waals surface area contributed by atoms with Crippen molar-refractivity contribution in [2.75, 3.05) is 12.9 Å². The van der Waals surface area contributed by atoms with Gasteiger partial charge in [-0.25, -0.2) is 4.79 Å². The maximum absolute atomic E-state index is 12.2. The fourth-order valence-electron chi connectivity index (χ4n) is 1.94. The monoisotopic (exact) mass is 361 g/mol. The molecule has 2 rings (SSSR count). The number of methoxy groups -OCH3 is 1. The van der Waals surface area contributed by atoms with Crippen LogP contribution in [0.1, 0.15) is 15.9 Å². The summed E-state index contributed by atoms with van der Waals surface area (Å²) in [5.74, 6) is 0.571. The molecule has 0 aliphatic heterocycles. The van der Waals surface area contributed by atoms with E-state index in [-0.39, 0.29) is 5.91 Å². The van der Waals surface area contributed by atoms with Crippen molar-refractivity contribution in [3.05, 3.63) is 71.8 Å². The van der Waals surface area contributed by atoms with E-state index in [2.05, 4.69) is 17.4 Å². The van der Waals surface area contributed by atoms with Crippen molar-refractivity contribution in [2.45, 2.75) is 11.8 Å². The molecule has 1 N–H and O–H groups in total. The molecule has 6 heteroatoms. The molecule has 0 saturated carbocycles. The van der Waals surface area contributed by atoms with E-state index in [1.165, 1.54) is 23.5 Å². The molecule has 0 aliphatic carbocycles. The van der Waals surface area contributed by atoms with E-state index in [0.717, 1.165) is 5.75 Å². The van der Waals surface area contributed by atoms with E-state index in [4.69, 9.17) is 4.74 Å². The maximum Gasteiger partial charge on any atom is 0.329 e. The summed E-state index contributed by atoms with van der Waals surface area (Å²) in [7, 11) is 4.51. The highest BCUT2D eigenvalue weighted by Crippen LogP contribution is 2.26. The lowest BCUT2D eigenvalue weighted by Crippen LogP contribution is -2.43. The molecule has 0 aliphatic rings. The second kappa shape index (κ2) is 10.1. The lowest BCUT2D eigenvalue weighted by atomic mass is 10.2. The van der Waals surface area contributed by atoms with Gasteiger partial charge >= 0.3 is 5.97 Å². The molecule has 4 nitrogen and oxygen atoms in total. The summed E-state index contributed by atoms with van der Waals surface area (Å²) in [5.41, 5.74) is 1.74. The first-order valence-electron chi connectivity index (χ1n) is 7.43. The van der Waals surface area contributed by atoms with Gasteiger partial charge in [-0.2, -0.15) is 0 Å². The number of benzene rings is 2. The van der Waals surface area contributed by atoms with E-state index in [1.807, 2.05) is 24.3 Å². The number of hydrogen-bond acceptors (Lipinski definition) is 5. The van der Waals surface area contributed by atoms with Gasteiger partial charge in [-0.3, -0.25) is 4.79 Å². The first-order valence-corrected chi connectivity index (χ1v) is 9.91. The van der Waals surface area contributed by atoms with Gasteiger partial charge in [0.25, 0.3) is 5.91 Å². The Hall–Kier alpha value is -1.92. The standard InChI is InChI=1S/C18H19NO3S2/c1-22-18(21)16(19-17(20)15-10-6-3-7-11-15)13-24-23-12-14-8-4-2-5-9-14/h2-11,16H,12-13H2,1H3,(H,19,20). The van der Waals surface area contributed by atoms with Crippen LogP contribution >= 0.6 is 21.6 Å². The predicted octanol–water partition coefficient (Wildman–Crippen LogP) is 3.54. The zero-order valence-corrected chi connectivity index (χ0v) is 14.9. The van der Waals surface area contributed by atoms with Gasteiger partial charge in [-0.15, -0.1) is 0 Å². The summed E-state index contributed by atoms with van der Waals surface area (Å²) < 4.78 is 4.79. The molecule has 0 spiro atoms. The Labute approximate surface area is 149 Å². The maximum atomic E-state index is 12.2. The molecule has 126 valence electrons. The van der Waals surface area contributed by atoms with Crippen molar-refractivity contribution in [1.82, 2.24) is 5.32 Å². The van der Waals surface area contributed by atoms with E-state index in [1.54, 1.807) is 35.1 Å². The number of esters is 1. The van der Waals surface area contributed by atoms with Gasteiger partial charge in [0.05, 0.1) is 7.11 Å². The highest BCUT2D eigenvalue weighted by Gasteiger charge is 2.22. The number of carbonyl (C=O) groups is 2. The van der Waals surface area contributed by atoms with Gasteiger partial charge in [0.2, 0.25) is 0 Å². The molecule has 0 bridgehead atoms. The molecule has 0 radical (unpaired) electrons. The zero-order valence-electron chi connectivity index (χ0n) is 13.3. The predicted molar refractivity (Wildman–Crippen MR) is 99.9 cm³/mol. The number of carbonyl (C=O) groups excluding carboxylic acids is 2. The fourth-order valence-corrected chi connectivity index (χ4v) is 4.16. The smallest absolute Gasteiger partial charge is 0.329 e. The molecule has 1 atom stereocenters. The van der Waals surface area contributed by atoms with E-state index in [9.17, 15) is 9.59 Å². The van der Waals surface area contributed by atoms with Crippen LogP contribution in [0.25, 0.3) is 0 Å². The minimum atomic E-state index is -0.670. The minimum Gasteiger partial charge on any atom is -0.467 e. The summed E-state index contributed by atoms with van der Waals surface area (Å²) in [4.78, 5) is 24.1. The molecule has 2 aromatic rings. The number of hydrogen-bond donors (Lipinski definition) is 1. The number of ether oxygens (including phenoxy) is 1. The largest absolute Gasteiger partial charge is 0.467 e. The quantitative estimate of drug-likeness (QED) is 0.443. The molecular weight excluding hydrogens is 342 g/mol. The van der Waals surface area contributed by atoms with Crippen molar-refractivity contribution in [3.63, 3.8) is 0 Å². The van der Waals surface area contributed by atoms with Crippen LogP contribution in [0.4, 0.5) is 0 Å². The van der Waals surface area contributed by atoms with Gasteiger partial charge in [-0.05, 0) is 17.7 Å². The zero-order chi connectivity index (χ0) is 17.2. The molecule has 0 aromatic heterocycles. The van der Waals surface area contributed by atoms with Crippen LogP contribution in [0.5, 0.6) is 0 Å². The van der Waals surface area contributed by atoms with Gasteiger partial charge < -0.3 is 10.1 Å². The molecule has 1 amide bonds. The van der Waals surface area contributed by atoms with Crippen LogP contribution in [-0.4, -0.2) is 30.8 Å². The lowest BCUT2D eigenvalue weighted by molar-refractivity contribution is -0.142. The van der Waals surface area contributed by atoms with Crippen LogP contribution < -0.4 is 5.32 Å². The topological polar surface area (TPSA) is 55.4 Å². The van der Waals surface area contributed by atoms with Crippen LogP contribution in [0, 0.1) is 0 Å². The SMILES string of the molecule is COC(=O)C(CSSCc1ccccc1)NC(=O)c1ccccc1. The molecule has 0 fully saturated rings. The summed E-state index contributed by atoms with van der Waals surface area (Å²) in [5, 5.41) is 2.74. The molecule has 0 saturated heterocycles. The second-order valence-corrected chi connectivity index (χ2v) is 7.46. The number of amides is 1. The van der Waals surface area contributed by atoms with E-state index in [0.29, 0.717) is 11.3 Å². The highest BCUT2D eigenvalue weighted by atomic mass is 33.1. The summed E-state index contributed by atoms with van der Waals surface area (Å²) in [6.45, 7) is 0. The van der Waals surface area contributed by atoms with Crippen molar-refractivity contribution < 1.29 is 14.3 Å². The molecule has 0 heterocycles. The summed E-state index contributed by atoms with van der Waals surface area (Å²) in [6, 6.07) is 18.2. The molecule has 24 heavy (non-hydrogen) atoms. The number of rotatable bonds is 8. The van der Waals surface area contributed by atoms with Gasteiger partial charge in [0, 0.05) is 17.1 Å². The average molecular weight is 361 g/mol. The Morgan fingerprint density at radius 2 is 1.62 bits per heavy atom. The first kappa shape index (κ1) is 18.4. The van der Waals surface area contributed by atoms with Crippen LogP contribution in [0.3, 0.4) is 0 Å². The van der Waals surface area contributed by atoms with Crippen LogP contribution in [0.2, 0.25) is 0 Å². The van der Waals surface area contributed by atoms with Crippen LogP contribution in [-0.2, 0) is 15.3 Å². The van der Waals surface area contributed by atoms with Gasteiger partial charge in [0.1, 0.15) is 6.04 Å².